The summed E-state index contributed by atoms with van der Waals surface area (Å²) in [6, 6.07) is 2.93. The Kier molecular flexibility index (Phi) is 5.22. The zero-order valence-electron chi connectivity index (χ0n) is 11.7. The van der Waals surface area contributed by atoms with E-state index >= 15 is 0 Å². The van der Waals surface area contributed by atoms with Crippen LogP contribution in [0.5, 0.6) is 0 Å². The zero-order chi connectivity index (χ0) is 13.0. The summed E-state index contributed by atoms with van der Waals surface area (Å²) < 4.78 is 0. The lowest BCUT2D eigenvalue weighted by Gasteiger charge is -2.34. The van der Waals surface area contributed by atoms with E-state index in [4.69, 9.17) is 5.73 Å². The summed E-state index contributed by atoms with van der Waals surface area (Å²) in [5.41, 5.74) is 7.84. The van der Waals surface area contributed by atoms with Gasteiger partial charge in [-0.25, -0.2) is 0 Å². The van der Waals surface area contributed by atoms with Gasteiger partial charge >= 0.3 is 0 Å². The topological polar surface area (TPSA) is 29.3 Å². The van der Waals surface area contributed by atoms with Gasteiger partial charge in [0.05, 0.1) is 6.04 Å². The Morgan fingerprint density at radius 1 is 1.28 bits per heavy atom. The average Bonchev–Trinajstić information content (AvgIpc) is 2.65. The molecule has 2 atom stereocenters. The first-order chi connectivity index (χ1) is 8.74. The molecule has 0 radical (unpaired) electrons. The molecule has 2 heterocycles. The monoisotopic (exact) mass is 266 g/mol. The van der Waals surface area contributed by atoms with E-state index in [9.17, 15) is 0 Å². The fraction of sp³-hybridized carbons (Fsp3) is 0.733. The van der Waals surface area contributed by atoms with Gasteiger partial charge in [-0.2, -0.15) is 0 Å². The zero-order valence-corrected chi connectivity index (χ0v) is 12.5. The Morgan fingerprint density at radius 3 is 2.44 bits per heavy atom. The Hall–Kier alpha value is -0.380. The summed E-state index contributed by atoms with van der Waals surface area (Å²) in [5.74, 6) is 0. The van der Waals surface area contributed by atoms with Gasteiger partial charge in [-0.15, -0.1) is 11.3 Å². The van der Waals surface area contributed by atoms with Crippen LogP contribution in [-0.2, 0) is 0 Å². The van der Waals surface area contributed by atoms with E-state index in [1.54, 1.807) is 0 Å². The molecule has 1 aromatic rings. The predicted octanol–water partition coefficient (Wildman–Crippen LogP) is 3.71. The molecule has 1 aromatic heterocycles. The molecular weight excluding hydrogens is 240 g/mol. The lowest BCUT2D eigenvalue weighted by Crippen LogP contribution is -2.41. The molecule has 0 saturated carbocycles. The molecule has 2 unspecified atom stereocenters. The Morgan fingerprint density at radius 2 is 1.94 bits per heavy atom. The predicted molar refractivity (Wildman–Crippen MR) is 80.1 cm³/mol. The van der Waals surface area contributed by atoms with Crippen molar-refractivity contribution in [2.75, 3.05) is 13.1 Å². The molecular formula is C15H26N2S. The Labute approximate surface area is 115 Å². The van der Waals surface area contributed by atoms with Crippen molar-refractivity contribution in [1.29, 1.82) is 0 Å². The van der Waals surface area contributed by atoms with Gasteiger partial charge < -0.3 is 5.73 Å². The van der Waals surface area contributed by atoms with E-state index in [2.05, 4.69) is 30.2 Å². The average molecular weight is 266 g/mol. The molecule has 1 aliphatic rings. The molecule has 0 aromatic carbocycles. The van der Waals surface area contributed by atoms with Crippen molar-refractivity contribution in [1.82, 2.24) is 4.90 Å². The van der Waals surface area contributed by atoms with Gasteiger partial charge in [0.1, 0.15) is 0 Å². The van der Waals surface area contributed by atoms with E-state index in [0.717, 1.165) is 6.42 Å². The lowest BCUT2D eigenvalue weighted by atomic mass is 10.0. The third-order valence-corrected chi connectivity index (χ3v) is 5.17. The molecule has 0 aliphatic carbocycles. The van der Waals surface area contributed by atoms with Crippen molar-refractivity contribution in [2.45, 2.75) is 58.0 Å². The standard InChI is InChI=1S/C15H26N2S/c1-3-13(16)14(15-12(2)8-11-18-15)17-9-6-4-5-7-10-17/h8,11,13-14H,3-7,9-10,16H2,1-2H3. The molecule has 1 aliphatic heterocycles. The number of likely N-dealkylation sites (tertiary alicyclic amines) is 1. The second-order valence-electron chi connectivity index (χ2n) is 5.43. The molecule has 0 spiro atoms. The maximum absolute atomic E-state index is 6.42. The Balaban J connectivity index is 2.21. The summed E-state index contributed by atoms with van der Waals surface area (Å²) in [4.78, 5) is 4.13. The number of aryl methyl sites for hydroxylation is 1. The highest BCUT2D eigenvalue weighted by Crippen LogP contribution is 2.33. The molecule has 18 heavy (non-hydrogen) atoms. The molecule has 2 rings (SSSR count). The van der Waals surface area contributed by atoms with Crippen LogP contribution in [-0.4, -0.2) is 24.0 Å². The van der Waals surface area contributed by atoms with Crippen LogP contribution in [0.3, 0.4) is 0 Å². The fourth-order valence-electron chi connectivity index (χ4n) is 2.92. The maximum atomic E-state index is 6.42. The highest BCUT2D eigenvalue weighted by Gasteiger charge is 2.28. The van der Waals surface area contributed by atoms with Crippen molar-refractivity contribution in [3.05, 3.63) is 21.9 Å². The van der Waals surface area contributed by atoms with Crippen molar-refractivity contribution >= 4 is 11.3 Å². The molecule has 2 N–H and O–H groups in total. The molecule has 102 valence electrons. The number of hydrogen-bond donors (Lipinski definition) is 1. The van der Waals surface area contributed by atoms with E-state index in [-0.39, 0.29) is 6.04 Å². The first-order valence-electron chi connectivity index (χ1n) is 7.27. The number of nitrogens with zero attached hydrogens (tertiary/aromatic N) is 1. The first-order valence-corrected chi connectivity index (χ1v) is 8.15. The van der Waals surface area contributed by atoms with Gasteiger partial charge in [-0.05, 0) is 56.3 Å². The number of rotatable bonds is 4. The van der Waals surface area contributed by atoms with Crippen molar-refractivity contribution < 1.29 is 0 Å². The highest BCUT2D eigenvalue weighted by atomic mass is 32.1. The molecule has 0 bridgehead atoms. The molecule has 3 heteroatoms. The quantitative estimate of drug-likeness (QED) is 0.900. The minimum absolute atomic E-state index is 0.264. The van der Waals surface area contributed by atoms with E-state index in [0.29, 0.717) is 6.04 Å². The van der Waals surface area contributed by atoms with E-state index in [1.165, 1.54) is 49.2 Å². The summed E-state index contributed by atoms with van der Waals surface area (Å²) in [6.45, 7) is 6.86. The second kappa shape index (κ2) is 6.69. The van der Waals surface area contributed by atoms with Crippen molar-refractivity contribution in [3.63, 3.8) is 0 Å². The van der Waals surface area contributed by atoms with Crippen molar-refractivity contribution in [3.8, 4) is 0 Å². The van der Waals surface area contributed by atoms with Crippen LogP contribution in [0.2, 0.25) is 0 Å². The first kappa shape index (κ1) is 14.0. The summed E-state index contributed by atoms with van der Waals surface area (Å²) in [5, 5.41) is 2.21. The van der Waals surface area contributed by atoms with E-state index in [1.807, 2.05) is 11.3 Å². The normalized spacial score (nSPS) is 21.5. The van der Waals surface area contributed by atoms with Gasteiger partial charge in [0.2, 0.25) is 0 Å². The van der Waals surface area contributed by atoms with Crippen LogP contribution in [0.25, 0.3) is 0 Å². The number of thiophene rings is 1. The SMILES string of the molecule is CCC(N)C(c1sccc1C)N1CCCCCC1. The van der Waals surface area contributed by atoms with Crippen LogP contribution in [0.15, 0.2) is 11.4 Å². The van der Waals surface area contributed by atoms with Crippen LogP contribution in [0.4, 0.5) is 0 Å². The highest BCUT2D eigenvalue weighted by molar-refractivity contribution is 7.10. The smallest absolute Gasteiger partial charge is 0.0596 e. The van der Waals surface area contributed by atoms with Gasteiger partial charge in [0.25, 0.3) is 0 Å². The third kappa shape index (κ3) is 3.14. The number of nitrogens with two attached hydrogens (primary N) is 1. The molecule has 1 fully saturated rings. The summed E-state index contributed by atoms with van der Waals surface area (Å²) in [7, 11) is 0. The van der Waals surface area contributed by atoms with Gasteiger partial charge in [-0.3, -0.25) is 4.90 Å². The van der Waals surface area contributed by atoms with Crippen LogP contribution in [0, 0.1) is 6.92 Å². The second-order valence-corrected chi connectivity index (χ2v) is 6.38. The van der Waals surface area contributed by atoms with Gasteiger partial charge in [-0.1, -0.05) is 19.8 Å². The Bertz CT molecular complexity index is 353. The summed E-state index contributed by atoms with van der Waals surface area (Å²) >= 11 is 1.88. The van der Waals surface area contributed by atoms with Crippen LogP contribution in [0.1, 0.15) is 55.5 Å². The van der Waals surface area contributed by atoms with Crippen LogP contribution >= 0.6 is 11.3 Å². The van der Waals surface area contributed by atoms with Crippen LogP contribution < -0.4 is 5.73 Å². The fourth-order valence-corrected chi connectivity index (χ4v) is 4.05. The molecule has 1 saturated heterocycles. The number of hydrogen-bond acceptors (Lipinski definition) is 3. The molecule has 0 amide bonds. The third-order valence-electron chi connectivity index (χ3n) is 4.08. The lowest BCUT2D eigenvalue weighted by molar-refractivity contribution is 0.178. The van der Waals surface area contributed by atoms with E-state index < -0.39 is 0 Å². The largest absolute Gasteiger partial charge is 0.326 e. The maximum Gasteiger partial charge on any atom is 0.0596 e. The minimum Gasteiger partial charge on any atom is -0.326 e. The van der Waals surface area contributed by atoms with Gasteiger partial charge in [0, 0.05) is 10.9 Å². The minimum atomic E-state index is 0.264. The van der Waals surface area contributed by atoms with Crippen molar-refractivity contribution in [2.24, 2.45) is 5.73 Å². The molecule has 2 nitrogen and oxygen atoms in total. The summed E-state index contributed by atoms with van der Waals surface area (Å²) in [6.07, 6.45) is 6.48. The van der Waals surface area contributed by atoms with Gasteiger partial charge in [0.15, 0.2) is 0 Å².